The van der Waals surface area contributed by atoms with Crippen molar-refractivity contribution >= 4 is 18.0 Å². The molecule has 112 valence electrons. The molecule has 0 heterocycles. The van der Waals surface area contributed by atoms with E-state index < -0.39 is 11.8 Å². The predicted molar refractivity (Wildman–Crippen MR) is 77.3 cm³/mol. The van der Waals surface area contributed by atoms with Crippen molar-refractivity contribution in [1.29, 1.82) is 0 Å². The molecule has 1 fully saturated rings. The van der Waals surface area contributed by atoms with Crippen LogP contribution in [0.1, 0.15) is 35.7 Å². The Bertz CT molecular complexity index is 593. The lowest BCUT2D eigenvalue weighted by Crippen LogP contribution is -2.36. The summed E-state index contributed by atoms with van der Waals surface area (Å²) in [7, 11) is 1.72. The second-order valence-corrected chi connectivity index (χ2v) is 5.40. The molecule has 0 spiro atoms. The number of carbonyl (C=O) groups excluding carboxylic acids is 1. The molecular weight excluding hydrogens is 273 g/mol. The fourth-order valence-electron chi connectivity index (χ4n) is 2.24. The van der Waals surface area contributed by atoms with Crippen molar-refractivity contribution in [2.24, 2.45) is 5.92 Å². The minimum absolute atomic E-state index is 0.145. The van der Waals surface area contributed by atoms with Crippen molar-refractivity contribution in [3.05, 3.63) is 41.2 Å². The topological polar surface area (TPSA) is 57.6 Å². The Hall–Kier alpha value is -2.17. The smallest absolute Gasteiger partial charge is 0.328 e. The van der Waals surface area contributed by atoms with Gasteiger partial charge in [0, 0.05) is 30.3 Å². The number of carbonyl (C=O) groups is 2. The van der Waals surface area contributed by atoms with Crippen LogP contribution in [0.25, 0.3) is 6.08 Å². The Kier molecular flexibility index (Phi) is 4.40. The van der Waals surface area contributed by atoms with Gasteiger partial charge in [0.2, 0.25) is 0 Å². The van der Waals surface area contributed by atoms with Crippen LogP contribution in [-0.4, -0.2) is 35.0 Å². The number of halogens is 1. The first-order valence-electron chi connectivity index (χ1n) is 6.88. The number of nitrogens with zero attached hydrogens (tertiary/aromatic N) is 1. The van der Waals surface area contributed by atoms with Gasteiger partial charge >= 0.3 is 5.97 Å². The standard InChI is InChI=1S/C16H18FNO3/c1-10(11-3-4-11)18(2)16(21)13-6-5-12(14(17)9-13)7-8-15(19)20/h5-11H,3-4H2,1-2H3,(H,19,20). The summed E-state index contributed by atoms with van der Waals surface area (Å²) >= 11 is 0. The third-order valence-electron chi connectivity index (χ3n) is 3.89. The minimum Gasteiger partial charge on any atom is -0.478 e. The lowest BCUT2D eigenvalue weighted by Gasteiger charge is -2.25. The van der Waals surface area contributed by atoms with Gasteiger partial charge in [-0.15, -0.1) is 0 Å². The number of amides is 1. The van der Waals surface area contributed by atoms with Crippen molar-refractivity contribution in [3.63, 3.8) is 0 Å². The molecule has 1 aromatic carbocycles. The summed E-state index contributed by atoms with van der Waals surface area (Å²) in [6, 6.07) is 4.23. The molecule has 1 saturated carbocycles. The molecule has 4 nitrogen and oxygen atoms in total. The van der Waals surface area contributed by atoms with E-state index in [-0.39, 0.29) is 23.1 Å². The number of hydrogen-bond donors (Lipinski definition) is 1. The number of carboxylic acids is 1. The number of rotatable bonds is 5. The molecule has 1 atom stereocenters. The highest BCUT2D eigenvalue weighted by Crippen LogP contribution is 2.35. The second kappa shape index (κ2) is 6.08. The highest BCUT2D eigenvalue weighted by molar-refractivity contribution is 5.94. The maximum Gasteiger partial charge on any atom is 0.328 e. The molecule has 0 aliphatic heterocycles. The minimum atomic E-state index is -1.15. The Balaban J connectivity index is 2.15. The monoisotopic (exact) mass is 291 g/mol. The number of carboxylic acid groups (broad SMARTS) is 1. The zero-order valence-corrected chi connectivity index (χ0v) is 12.0. The molecule has 5 heteroatoms. The molecule has 0 radical (unpaired) electrons. The molecule has 0 saturated heterocycles. The molecule has 1 unspecified atom stereocenters. The molecule has 1 aliphatic rings. The highest BCUT2D eigenvalue weighted by Gasteiger charge is 2.32. The summed E-state index contributed by atoms with van der Waals surface area (Å²) in [5, 5.41) is 8.53. The average molecular weight is 291 g/mol. The summed E-state index contributed by atoms with van der Waals surface area (Å²) in [6.45, 7) is 2.00. The van der Waals surface area contributed by atoms with Crippen LogP contribution < -0.4 is 0 Å². The number of benzene rings is 1. The van der Waals surface area contributed by atoms with Crippen molar-refractivity contribution in [3.8, 4) is 0 Å². The molecule has 2 rings (SSSR count). The average Bonchev–Trinajstić information content (AvgIpc) is 3.28. The summed E-state index contributed by atoms with van der Waals surface area (Å²) in [4.78, 5) is 24.4. The van der Waals surface area contributed by atoms with Gasteiger partial charge in [-0.3, -0.25) is 4.79 Å². The zero-order valence-electron chi connectivity index (χ0n) is 12.0. The van der Waals surface area contributed by atoms with Crippen molar-refractivity contribution in [2.75, 3.05) is 7.05 Å². The van der Waals surface area contributed by atoms with Crippen LogP contribution >= 0.6 is 0 Å². The molecule has 0 aromatic heterocycles. The van der Waals surface area contributed by atoms with E-state index in [2.05, 4.69) is 0 Å². The molecule has 1 aliphatic carbocycles. The fraction of sp³-hybridized carbons (Fsp3) is 0.375. The van der Waals surface area contributed by atoms with E-state index in [1.807, 2.05) is 6.92 Å². The maximum absolute atomic E-state index is 13.9. The zero-order chi connectivity index (χ0) is 15.6. The van der Waals surface area contributed by atoms with E-state index in [0.717, 1.165) is 25.0 Å². The Morgan fingerprint density at radius 1 is 1.43 bits per heavy atom. The summed E-state index contributed by atoms with van der Waals surface area (Å²) < 4.78 is 13.9. The third-order valence-corrected chi connectivity index (χ3v) is 3.89. The molecule has 1 amide bonds. The van der Waals surface area contributed by atoms with Crippen LogP contribution in [0.2, 0.25) is 0 Å². The third kappa shape index (κ3) is 3.68. The lowest BCUT2D eigenvalue weighted by atomic mass is 10.1. The Morgan fingerprint density at radius 3 is 2.62 bits per heavy atom. The van der Waals surface area contributed by atoms with Crippen LogP contribution in [0, 0.1) is 11.7 Å². The molecule has 1 aromatic rings. The first-order valence-corrected chi connectivity index (χ1v) is 6.88. The SMILES string of the molecule is CC(C1CC1)N(C)C(=O)c1ccc(C=CC(=O)O)c(F)c1. The fourth-order valence-corrected chi connectivity index (χ4v) is 2.24. The quantitative estimate of drug-likeness (QED) is 0.849. The van der Waals surface area contributed by atoms with Gasteiger partial charge in [-0.2, -0.15) is 0 Å². The Morgan fingerprint density at radius 2 is 2.10 bits per heavy atom. The van der Waals surface area contributed by atoms with Crippen molar-refractivity contribution < 1.29 is 19.1 Å². The summed E-state index contributed by atoms with van der Waals surface area (Å²) in [5.74, 6) is -1.43. The maximum atomic E-state index is 13.9. The van der Waals surface area contributed by atoms with E-state index in [1.165, 1.54) is 18.2 Å². The summed E-state index contributed by atoms with van der Waals surface area (Å²) in [6.07, 6.45) is 4.29. The lowest BCUT2D eigenvalue weighted by molar-refractivity contribution is -0.131. The first kappa shape index (κ1) is 15.2. The molecule has 21 heavy (non-hydrogen) atoms. The Labute approximate surface area is 122 Å². The summed E-state index contributed by atoms with van der Waals surface area (Å²) in [5.41, 5.74) is 0.418. The van der Waals surface area contributed by atoms with Gasteiger partial charge in [-0.1, -0.05) is 6.07 Å². The number of hydrogen-bond acceptors (Lipinski definition) is 2. The van der Waals surface area contributed by atoms with Crippen LogP contribution in [0.15, 0.2) is 24.3 Å². The van der Waals surface area contributed by atoms with Crippen molar-refractivity contribution in [2.45, 2.75) is 25.8 Å². The number of aliphatic carboxylic acids is 1. The van der Waals surface area contributed by atoms with Crippen LogP contribution in [-0.2, 0) is 4.79 Å². The van der Waals surface area contributed by atoms with Gasteiger partial charge in [0.15, 0.2) is 0 Å². The van der Waals surface area contributed by atoms with E-state index in [9.17, 15) is 14.0 Å². The van der Waals surface area contributed by atoms with Crippen LogP contribution in [0.5, 0.6) is 0 Å². The van der Waals surface area contributed by atoms with E-state index >= 15 is 0 Å². The largest absolute Gasteiger partial charge is 0.478 e. The van der Waals surface area contributed by atoms with Gasteiger partial charge in [-0.25, -0.2) is 9.18 Å². The normalized spacial score (nSPS) is 16.0. The van der Waals surface area contributed by atoms with Gasteiger partial charge in [0.1, 0.15) is 5.82 Å². The van der Waals surface area contributed by atoms with E-state index in [4.69, 9.17) is 5.11 Å². The van der Waals surface area contributed by atoms with Gasteiger partial charge in [0.05, 0.1) is 0 Å². The van der Waals surface area contributed by atoms with Crippen LogP contribution in [0.3, 0.4) is 0 Å². The van der Waals surface area contributed by atoms with Gasteiger partial charge in [-0.05, 0) is 43.9 Å². The molecular formula is C16H18FNO3. The van der Waals surface area contributed by atoms with Crippen LogP contribution in [0.4, 0.5) is 4.39 Å². The van der Waals surface area contributed by atoms with Crippen molar-refractivity contribution in [1.82, 2.24) is 4.90 Å². The van der Waals surface area contributed by atoms with Gasteiger partial charge < -0.3 is 10.0 Å². The molecule has 1 N–H and O–H groups in total. The highest BCUT2D eigenvalue weighted by atomic mass is 19.1. The second-order valence-electron chi connectivity index (χ2n) is 5.40. The van der Waals surface area contributed by atoms with E-state index in [1.54, 1.807) is 11.9 Å². The molecule has 0 bridgehead atoms. The van der Waals surface area contributed by atoms with Gasteiger partial charge in [0.25, 0.3) is 5.91 Å². The first-order chi connectivity index (χ1) is 9.90. The van der Waals surface area contributed by atoms with E-state index in [0.29, 0.717) is 5.92 Å². The predicted octanol–water partition coefficient (Wildman–Crippen LogP) is 2.79.